The predicted octanol–water partition coefficient (Wildman–Crippen LogP) is 3.42. The van der Waals surface area contributed by atoms with Gasteiger partial charge in [-0.05, 0) is 26.8 Å². The monoisotopic (exact) mass is 280 g/mol. The van der Waals surface area contributed by atoms with Crippen molar-refractivity contribution >= 4 is 17.6 Å². The van der Waals surface area contributed by atoms with Crippen molar-refractivity contribution in [3.05, 3.63) is 16.1 Å². The Morgan fingerprint density at radius 3 is 2.58 bits per heavy atom. The maximum absolute atomic E-state index is 11.6. The zero-order valence-corrected chi connectivity index (χ0v) is 12.8. The van der Waals surface area contributed by atoms with E-state index >= 15 is 0 Å². The largest absolute Gasteiger partial charge is 0.303 e. The van der Waals surface area contributed by atoms with Gasteiger partial charge in [0.15, 0.2) is 0 Å². The Balaban J connectivity index is 1.95. The fourth-order valence-electron chi connectivity index (χ4n) is 3.10. The standard InChI is InChI=1S/C15H24N2OS/c1-13-16-14(10-19-13)9-17(2)11-15(12-18)7-5-3-4-6-8-15/h10,12H,3-9,11H2,1-2H3. The van der Waals surface area contributed by atoms with Crippen LogP contribution in [-0.2, 0) is 11.3 Å². The van der Waals surface area contributed by atoms with E-state index in [-0.39, 0.29) is 5.41 Å². The first-order valence-electron chi connectivity index (χ1n) is 7.19. The van der Waals surface area contributed by atoms with Gasteiger partial charge >= 0.3 is 0 Å². The summed E-state index contributed by atoms with van der Waals surface area (Å²) in [6.45, 7) is 3.75. The molecule has 106 valence electrons. The molecule has 1 heterocycles. The van der Waals surface area contributed by atoms with Crippen molar-refractivity contribution in [2.45, 2.75) is 52.0 Å². The van der Waals surface area contributed by atoms with Gasteiger partial charge in [0.1, 0.15) is 6.29 Å². The lowest BCUT2D eigenvalue weighted by atomic mass is 9.81. The molecule has 1 fully saturated rings. The van der Waals surface area contributed by atoms with Crippen LogP contribution in [0.15, 0.2) is 5.38 Å². The van der Waals surface area contributed by atoms with Crippen LogP contribution in [0.5, 0.6) is 0 Å². The van der Waals surface area contributed by atoms with Crippen molar-refractivity contribution in [2.75, 3.05) is 13.6 Å². The molecule has 4 heteroatoms. The third kappa shape index (κ3) is 4.11. The lowest BCUT2D eigenvalue weighted by molar-refractivity contribution is -0.118. The average molecular weight is 280 g/mol. The van der Waals surface area contributed by atoms with Crippen LogP contribution < -0.4 is 0 Å². The van der Waals surface area contributed by atoms with Gasteiger partial charge < -0.3 is 4.79 Å². The first kappa shape index (κ1) is 14.7. The molecule has 0 atom stereocenters. The SMILES string of the molecule is Cc1nc(CN(C)CC2(C=O)CCCCCC2)cs1. The van der Waals surface area contributed by atoms with Crippen LogP contribution in [0.3, 0.4) is 0 Å². The summed E-state index contributed by atoms with van der Waals surface area (Å²) in [5, 5.41) is 3.23. The second-order valence-corrected chi connectivity index (χ2v) is 6.99. The Labute approximate surface area is 120 Å². The zero-order chi connectivity index (χ0) is 13.7. The highest BCUT2D eigenvalue weighted by Gasteiger charge is 2.31. The van der Waals surface area contributed by atoms with Gasteiger partial charge in [0.2, 0.25) is 0 Å². The van der Waals surface area contributed by atoms with Crippen LogP contribution >= 0.6 is 11.3 Å². The van der Waals surface area contributed by atoms with Gasteiger partial charge in [-0.15, -0.1) is 11.3 Å². The summed E-state index contributed by atoms with van der Waals surface area (Å²) in [5.41, 5.74) is 1.01. The molecule has 1 saturated carbocycles. The van der Waals surface area contributed by atoms with Crippen LogP contribution in [0.1, 0.15) is 49.2 Å². The first-order valence-corrected chi connectivity index (χ1v) is 8.07. The summed E-state index contributed by atoms with van der Waals surface area (Å²) in [5.74, 6) is 0. The molecule has 2 rings (SSSR count). The molecule has 0 amide bonds. The Hall–Kier alpha value is -0.740. The number of carbonyl (C=O) groups excluding carboxylic acids is 1. The second kappa shape index (κ2) is 6.62. The van der Waals surface area contributed by atoms with E-state index in [9.17, 15) is 4.79 Å². The highest BCUT2D eigenvalue weighted by Crippen LogP contribution is 2.34. The van der Waals surface area contributed by atoms with E-state index < -0.39 is 0 Å². The summed E-state index contributed by atoms with van der Waals surface area (Å²) < 4.78 is 0. The van der Waals surface area contributed by atoms with E-state index in [2.05, 4.69) is 22.3 Å². The molecule has 0 N–H and O–H groups in total. The molecule has 0 bridgehead atoms. The number of aryl methyl sites for hydroxylation is 1. The summed E-state index contributed by atoms with van der Waals surface area (Å²) in [4.78, 5) is 18.3. The van der Waals surface area contributed by atoms with Gasteiger partial charge in [-0.3, -0.25) is 4.90 Å². The van der Waals surface area contributed by atoms with E-state index in [0.717, 1.165) is 36.6 Å². The third-order valence-corrected chi connectivity index (χ3v) is 4.85. The summed E-state index contributed by atoms with van der Waals surface area (Å²) in [6, 6.07) is 0. The minimum atomic E-state index is -0.115. The molecular weight excluding hydrogens is 256 g/mol. The van der Waals surface area contributed by atoms with Crippen LogP contribution in [-0.4, -0.2) is 29.8 Å². The molecule has 0 saturated heterocycles. The fourth-order valence-corrected chi connectivity index (χ4v) is 3.70. The minimum absolute atomic E-state index is 0.115. The number of aldehydes is 1. The number of hydrogen-bond acceptors (Lipinski definition) is 4. The molecule has 3 nitrogen and oxygen atoms in total. The van der Waals surface area contributed by atoms with Crippen LogP contribution in [0, 0.1) is 12.3 Å². The molecule has 0 radical (unpaired) electrons. The quantitative estimate of drug-likeness (QED) is 0.612. The minimum Gasteiger partial charge on any atom is -0.303 e. The van der Waals surface area contributed by atoms with Crippen LogP contribution in [0.25, 0.3) is 0 Å². The summed E-state index contributed by atoms with van der Waals surface area (Å²) >= 11 is 1.69. The maximum Gasteiger partial charge on any atom is 0.127 e. The molecule has 0 unspecified atom stereocenters. The molecule has 1 aliphatic rings. The van der Waals surface area contributed by atoms with Crippen molar-refractivity contribution in [2.24, 2.45) is 5.41 Å². The normalized spacial score (nSPS) is 19.3. The lowest BCUT2D eigenvalue weighted by Gasteiger charge is -2.31. The number of hydrogen-bond donors (Lipinski definition) is 0. The number of thiazole rings is 1. The highest BCUT2D eigenvalue weighted by atomic mass is 32.1. The van der Waals surface area contributed by atoms with Crippen molar-refractivity contribution in [1.29, 1.82) is 0 Å². The molecule has 1 aromatic heterocycles. The Bertz CT molecular complexity index is 408. The van der Waals surface area contributed by atoms with E-state index in [0.29, 0.717) is 0 Å². The Morgan fingerprint density at radius 2 is 2.05 bits per heavy atom. The highest BCUT2D eigenvalue weighted by molar-refractivity contribution is 7.09. The van der Waals surface area contributed by atoms with E-state index in [1.807, 2.05) is 6.92 Å². The van der Waals surface area contributed by atoms with Gasteiger partial charge in [0, 0.05) is 23.9 Å². The van der Waals surface area contributed by atoms with Gasteiger partial charge in [0.25, 0.3) is 0 Å². The lowest BCUT2D eigenvalue weighted by Crippen LogP contribution is -2.36. The predicted molar refractivity (Wildman–Crippen MR) is 79.4 cm³/mol. The van der Waals surface area contributed by atoms with Gasteiger partial charge in [-0.25, -0.2) is 4.98 Å². The van der Waals surface area contributed by atoms with Crippen molar-refractivity contribution in [3.8, 4) is 0 Å². The van der Waals surface area contributed by atoms with Gasteiger partial charge in [-0.1, -0.05) is 25.7 Å². The van der Waals surface area contributed by atoms with E-state index in [1.165, 1.54) is 32.0 Å². The number of carbonyl (C=O) groups is 1. The van der Waals surface area contributed by atoms with E-state index in [4.69, 9.17) is 0 Å². The number of nitrogens with zero attached hydrogens (tertiary/aromatic N) is 2. The van der Waals surface area contributed by atoms with Gasteiger partial charge in [-0.2, -0.15) is 0 Å². The zero-order valence-electron chi connectivity index (χ0n) is 12.0. The molecule has 1 aromatic rings. The molecule has 1 aliphatic carbocycles. The van der Waals surface area contributed by atoms with Crippen molar-refractivity contribution in [1.82, 2.24) is 9.88 Å². The van der Waals surface area contributed by atoms with Crippen LogP contribution in [0.2, 0.25) is 0 Å². The van der Waals surface area contributed by atoms with Crippen molar-refractivity contribution < 1.29 is 4.79 Å². The maximum atomic E-state index is 11.6. The third-order valence-electron chi connectivity index (χ3n) is 4.03. The Kier molecular flexibility index (Phi) is 5.11. The average Bonchev–Trinajstić information content (AvgIpc) is 2.65. The van der Waals surface area contributed by atoms with Crippen LogP contribution in [0.4, 0.5) is 0 Å². The van der Waals surface area contributed by atoms with Gasteiger partial charge in [0.05, 0.1) is 10.7 Å². The molecular formula is C15H24N2OS. The van der Waals surface area contributed by atoms with Crippen molar-refractivity contribution in [3.63, 3.8) is 0 Å². The summed E-state index contributed by atoms with van der Waals surface area (Å²) in [7, 11) is 2.10. The molecule has 0 aromatic carbocycles. The smallest absolute Gasteiger partial charge is 0.127 e. The topological polar surface area (TPSA) is 33.2 Å². The summed E-state index contributed by atoms with van der Waals surface area (Å²) in [6.07, 6.45) is 8.29. The van der Waals surface area contributed by atoms with E-state index in [1.54, 1.807) is 11.3 Å². The Morgan fingerprint density at radius 1 is 1.37 bits per heavy atom. The first-order chi connectivity index (χ1) is 9.13. The molecule has 0 aliphatic heterocycles. The number of rotatable bonds is 5. The molecule has 0 spiro atoms. The molecule has 19 heavy (non-hydrogen) atoms. The second-order valence-electron chi connectivity index (χ2n) is 5.92. The fraction of sp³-hybridized carbons (Fsp3) is 0.733. The number of aromatic nitrogens is 1.